The van der Waals surface area contributed by atoms with Gasteiger partial charge in [-0.05, 0) is 11.8 Å². The Morgan fingerprint density at radius 1 is 1.38 bits per heavy atom. The molecule has 0 N–H and O–H groups in total. The van der Waals surface area contributed by atoms with Gasteiger partial charge in [0.1, 0.15) is 6.61 Å². The van der Waals surface area contributed by atoms with Crippen LogP contribution in [0.25, 0.3) is 0 Å². The van der Waals surface area contributed by atoms with E-state index < -0.39 is 0 Å². The Morgan fingerprint density at radius 3 is 2.69 bits per heavy atom. The minimum Gasteiger partial charge on any atom is -0.460 e. The normalized spacial score (nSPS) is 9.62. The number of benzene rings is 1. The zero-order chi connectivity index (χ0) is 9.52. The fraction of sp³-hybridized carbons (Fsp3) is 0.300. The first-order valence-electron chi connectivity index (χ1n) is 4.01. The van der Waals surface area contributed by atoms with Crippen LogP contribution in [-0.4, -0.2) is 18.0 Å². The van der Waals surface area contributed by atoms with Gasteiger partial charge in [-0.3, -0.25) is 4.79 Å². The van der Waals surface area contributed by atoms with Gasteiger partial charge in [-0.25, -0.2) is 0 Å². The molecule has 1 rings (SSSR count). The van der Waals surface area contributed by atoms with Crippen molar-refractivity contribution < 1.29 is 9.53 Å². The lowest BCUT2D eigenvalue weighted by Crippen LogP contribution is -2.06. The van der Waals surface area contributed by atoms with Crippen molar-refractivity contribution in [1.82, 2.24) is 0 Å². The summed E-state index contributed by atoms with van der Waals surface area (Å²) in [6.45, 7) is 0.375. The Kier molecular flexibility index (Phi) is 4.40. The third-order valence-corrected chi connectivity index (χ3v) is 2.03. The molecule has 3 heteroatoms. The predicted octanol–water partition coefficient (Wildman–Crippen LogP) is 2.09. The first-order chi connectivity index (χ1) is 6.33. The lowest BCUT2D eigenvalue weighted by molar-refractivity contribution is -0.141. The van der Waals surface area contributed by atoms with Gasteiger partial charge in [-0.15, -0.1) is 0 Å². The number of rotatable bonds is 4. The maximum atomic E-state index is 11.0. The minimum atomic E-state index is -0.156. The molecular formula is C10H12O2S. The molecule has 0 radical (unpaired) electrons. The van der Waals surface area contributed by atoms with E-state index in [9.17, 15) is 4.79 Å². The van der Waals surface area contributed by atoms with Crippen LogP contribution in [0.3, 0.4) is 0 Å². The zero-order valence-corrected chi connectivity index (χ0v) is 8.34. The van der Waals surface area contributed by atoms with Gasteiger partial charge in [0.25, 0.3) is 0 Å². The summed E-state index contributed by atoms with van der Waals surface area (Å²) in [6.07, 6.45) is 1.88. The molecule has 0 aliphatic rings. The highest BCUT2D eigenvalue weighted by atomic mass is 32.2. The lowest BCUT2D eigenvalue weighted by atomic mass is 10.2. The molecule has 13 heavy (non-hydrogen) atoms. The van der Waals surface area contributed by atoms with E-state index in [4.69, 9.17) is 4.74 Å². The van der Waals surface area contributed by atoms with Crippen molar-refractivity contribution in [2.45, 2.75) is 6.61 Å². The predicted molar refractivity (Wildman–Crippen MR) is 54.6 cm³/mol. The Balaban J connectivity index is 2.31. The summed E-state index contributed by atoms with van der Waals surface area (Å²) < 4.78 is 5.01. The van der Waals surface area contributed by atoms with Gasteiger partial charge >= 0.3 is 5.97 Å². The van der Waals surface area contributed by atoms with Gasteiger partial charge in [0.2, 0.25) is 0 Å². The fourth-order valence-corrected chi connectivity index (χ4v) is 1.22. The van der Waals surface area contributed by atoms with Crippen molar-refractivity contribution in [3.63, 3.8) is 0 Å². The Hall–Kier alpha value is -0.960. The smallest absolute Gasteiger partial charge is 0.316 e. The quantitative estimate of drug-likeness (QED) is 0.690. The number of thioether (sulfide) groups is 1. The van der Waals surface area contributed by atoms with Gasteiger partial charge in [-0.2, -0.15) is 11.8 Å². The highest BCUT2D eigenvalue weighted by Crippen LogP contribution is 2.02. The molecule has 0 fully saturated rings. The largest absolute Gasteiger partial charge is 0.460 e. The van der Waals surface area contributed by atoms with E-state index >= 15 is 0 Å². The van der Waals surface area contributed by atoms with E-state index in [1.807, 2.05) is 36.6 Å². The average molecular weight is 196 g/mol. The summed E-state index contributed by atoms with van der Waals surface area (Å²) in [5, 5.41) is 0. The van der Waals surface area contributed by atoms with Gasteiger partial charge in [0, 0.05) is 0 Å². The van der Waals surface area contributed by atoms with Crippen molar-refractivity contribution in [3.8, 4) is 0 Å². The molecule has 0 saturated heterocycles. The summed E-state index contributed by atoms with van der Waals surface area (Å²) in [4.78, 5) is 11.0. The van der Waals surface area contributed by atoms with Crippen LogP contribution in [0.1, 0.15) is 5.56 Å². The fourth-order valence-electron chi connectivity index (χ4n) is 0.898. The number of ether oxygens (including phenoxy) is 1. The summed E-state index contributed by atoms with van der Waals surface area (Å²) >= 11 is 1.47. The summed E-state index contributed by atoms with van der Waals surface area (Å²) in [5.41, 5.74) is 1.02. The van der Waals surface area contributed by atoms with E-state index in [-0.39, 0.29) is 5.97 Å². The van der Waals surface area contributed by atoms with Crippen LogP contribution in [0, 0.1) is 0 Å². The Morgan fingerprint density at radius 2 is 2.08 bits per heavy atom. The number of esters is 1. The third kappa shape index (κ3) is 3.99. The highest BCUT2D eigenvalue weighted by Gasteiger charge is 2.00. The molecule has 1 aromatic carbocycles. The monoisotopic (exact) mass is 196 g/mol. The van der Waals surface area contributed by atoms with Crippen LogP contribution >= 0.6 is 11.8 Å². The van der Waals surface area contributed by atoms with E-state index in [2.05, 4.69) is 0 Å². The Labute approximate surface area is 82.3 Å². The van der Waals surface area contributed by atoms with Crippen molar-refractivity contribution in [2.24, 2.45) is 0 Å². The lowest BCUT2D eigenvalue weighted by Gasteiger charge is -2.02. The van der Waals surface area contributed by atoms with Gasteiger partial charge in [0.05, 0.1) is 5.75 Å². The molecule has 0 atom stereocenters. The van der Waals surface area contributed by atoms with Gasteiger partial charge < -0.3 is 4.74 Å². The highest BCUT2D eigenvalue weighted by molar-refractivity contribution is 7.99. The summed E-state index contributed by atoms with van der Waals surface area (Å²) in [6, 6.07) is 9.67. The topological polar surface area (TPSA) is 26.3 Å². The van der Waals surface area contributed by atoms with Crippen LogP contribution in [0.2, 0.25) is 0 Å². The minimum absolute atomic E-state index is 0.156. The summed E-state index contributed by atoms with van der Waals surface area (Å²) in [5.74, 6) is 0.267. The number of hydrogen-bond acceptors (Lipinski definition) is 3. The van der Waals surface area contributed by atoms with Gasteiger partial charge in [0.15, 0.2) is 0 Å². The molecule has 0 spiro atoms. The second-order valence-electron chi connectivity index (χ2n) is 2.58. The van der Waals surface area contributed by atoms with E-state index in [1.54, 1.807) is 0 Å². The molecule has 0 aliphatic carbocycles. The van der Waals surface area contributed by atoms with Crippen molar-refractivity contribution in [1.29, 1.82) is 0 Å². The molecule has 0 unspecified atom stereocenters. The maximum Gasteiger partial charge on any atom is 0.316 e. The first kappa shape index (κ1) is 10.1. The molecule has 0 aliphatic heterocycles. The van der Waals surface area contributed by atoms with E-state index in [0.29, 0.717) is 12.4 Å². The van der Waals surface area contributed by atoms with Crippen molar-refractivity contribution in [3.05, 3.63) is 35.9 Å². The van der Waals surface area contributed by atoms with Crippen LogP contribution in [0.5, 0.6) is 0 Å². The van der Waals surface area contributed by atoms with Crippen LogP contribution in [-0.2, 0) is 16.1 Å². The number of carbonyl (C=O) groups excluding carboxylic acids is 1. The Bertz CT molecular complexity index is 259. The van der Waals surface area contributed by atoms with Crippen LogP contribution in [0.4, 0.5) is 0 Å². The van der Waals surface area contributed by atoms with Gasteiger partial charge in [-0.1, -0.05) is 30.3 Å². The summed E-state index contributed by atoms with van der Waals surface area (Å²) in [7, 11) is 0. The molecule has 70 valence electrons. The van der Waals surface area contributed by atoms with Crippen molar-refractivity contribution >= 4 is 17.7 Å². The number of carbonyl (C=O) groups is 1. The number of hydrogen-bond donors (Lipinski definition) is 0. The zero-order valence-electron chi connectivity index (χ0n) is 7.53. The van der Waals surface area contributed by atoms with E-state index in [0.717, 1.165) is 5.56 Å². The van der Waals surface area contributed by atoms with E-state index in [1.165, 1.54) is 11.8 Å². The molecule has 0 heterocycles. The third-order valence-electron chi connectivity index (χ3n) is 1.50. The molecule has 2 nitrogen and oxygen atoms in total. The van der Waals surface area contributed by atoms with Crippen LogP contribution in [0.15, 0.2) is 30.3 Å². The SMILES string of the molecule is CSCC(=O)OCc1ccccc1. The molecule has 0 aromatic heterocycles. The first-order valence-corrected chi connectivity index (χ1v) is 5.41. The second kappa shape index (κ2) is 5.65. The average Bonchev–Trinajstić information content (AvgIpc) is 2.17. The molecule has 0 amide bonds. The van der Waals surface area contributed by atoms with Crippen LogP contribution < -0.4 is 0 Å². The maximum absolute atomic E-state index is 11.0. The molecule has 1 aromatic rings. The molecule has 0 saturated carbocycles. The molecular weight excluding hydrogens is 184 g/mol. The standard InChI is InChI=1S/C10H12O2S/c1-13-8-10(11)12-7-9-5-3-2-4-6-9/h2-6H,7-8H2,1H3. The molecule has 0 bridgehead atoms. The second-order valence-corrected chi connectivity index (χ2v) is 3.45. The van der Waals surface area contributed by atoms with Crippen molar-refractivity contribution in [2.75, 3.05) is 12.0 Å².